The second kappa shape index (κ2) is 8.80. The lowest BCUT2D eigenvalue weighted by atomic mass is 9.94. The molecule has 1 amide bonds. The molecule has 1 aliphatic carbocycles. The second-order valence-corrected chi connectivity index (χ2v) is 10.2. The molecule has 3 rings (SSSR count). The van der Waals surface area contributed by atoms with Crippen molar-refractivity contribution < 1.29 is 13.2 Å². The zero-order valence-electron chi connectivity index (χ0n) is 18.6. The van der Waals surface area contributed by atoms with Crippen LogP contribution in [0.1, 0.15) is 64.7 Å². The molecule has 1 aliphatic rings. The van der Waals surface area contributed by atoms with E-state index in [9.17, 15) is 13.2 Å². The first-order chi connectivity index (χ1) is 14.1. The Morgan fingerprint density at radius 3 is 2.13 bits per heavy atom. The number of carbonyl (C=O) groups is 1. The van der Waals surface area contributed by atoms with Gasteiger partial charge in [0.25, 0.3) is 15.9 Å². The maximum Gasteiger partial charge on any atom is 0.262 e. The molecule has 0 unspecified atom stereocenters. The van der Waals surface area contributed by atoms with Crippen LogP contribution in [0.15, 0.2) is 35.2 Å². The molecule has 0 bridgehead atoms. The molecule has 5 nitrogen and oxygen atoms in total. The average molecular weight is 429 g/mol. The van der Waals surface area contributed by atoms with Gasteiger partial charge in [-0.3, -0.25) is 9.52 Å². The highest BCUT2D eigenvalue weighted by Gasteiger charge is 2.25. The lowest BCUT2D eigenvalue weighted by molar-refractivity contribution is 0.0696. The molecule has 2 aromatic carbocycles. The van der Waals surface area contributed by atoms with Crippen molar-refractivity contribution in [2.45, 2.75) is 70.7 Å². The minimum absolute atomic E-state index is 0.0648. The van der Waals surface area contributed by atoms with Crippen LogP contribution in [0.2, 0.25) is 0 Å². The molecule has 0 radical (unpaired) electrons. The summed E-state index contributed by atoms with van der Waals surface area (Å²) in [5.74, 6) is -0.0648. The molecule has 0 heterocycles. The SMILES string of the molecule is Cc1cc(C)c(S(=O)(=O)Nc2cc(C(=O)N(C)C3CCCCC3)ccc2C)c(C)c1. The van der Waals surface area contributed by atoms with E-state index in [4.69, 9.17) is 0 Å². The van der Waals surface area contributed by atoms with Crippen molar-refractivity contribution in [3.63, 3.8) is 0 Å². The quantitative estimate of drug-likeness (QED) is 0.718. The lowest BCUT2D eigenvalue weighted by Crippen LogP contribution is -2.38. The first-order valence-corrected chi connectivity index (χ1v) is 12.1. The third-order valence-electron chi connectivity index (χ3n) is 6.05. The van der Waals surface area contributed by atoms with E-state index in [0.717, 1.165) is 36.8 Å². The topological polar surface area (TPSA) is 66.5 Å². The second-order valence-electron chi connectivity index (χ2n) is 8.57. The van der Waals surface area contributed by atoms with Crippen LogP contribution in [0.5, 0.6) is 0 Å². The first kappa shape index (κ1) is 22.3. The predicted octanol–water partition coefficient (Wildman–Crippen LogP) is 5.13. The third-order valence-corrected chi connectivity index (χ3v) is 7.72. The fourth-order valence-electron chi connectivity index (χ4n) is 4.49. The number of benzene rings is 2. The van der Waals surface area contributed by atoms with Crippen LogP contribution in [-0.4, -0.2) is 32.3 Å². The molecule has 6 heteroatoms. The van der Waals surface area contributed by atoms with E-state index in [2.05, 4.69) is 4.72 Å². The zero-order valence-corrected chi connectivity index (χ0v) is 19.4. The van der Waals surface area contributed by atoms with E-state index in [1.165, 1.54) is 6.42 Å². The summed E-state index contributed by atoms with van der Waals surface area (Å²) in [6.07, 6.45) is 5.58. The molecular weight excluding hydrogens is 396 g/mol. The molecule has 1 fully saturated rings. The molecule has 1 N–H and O–H groups in total. The Morgan fingerprint density at radius 2 is 1.53 bits per heavy atom. The number of carbonyl (C=O) groups excluding carboxylic acids is 1. The molecule has 0 spiro atoms. The number of sulfonamides is 1. The van der Waals surface area contributed by atoms with Crippen molar-refractivity contribution in [1.29, 1.82) is 0 Å². The number of hydrogen-bond acceptors (Lipinski definition) is 3. The van der Waals surface area contributed by atoms with Crippen LogP contribution < -0.4 is 4.72 Å². The molecule has 2 aromatic rings. The van der Waals surface area contributed by atoms with Gasteiger partial charge in [0.15, 0.2) is 0 Å². The molecule has 1 saturated carbocycles. The van der Waals surface area contributed by atoms with Gasteiger partial charge in [0.05, 0.1) is 10.6 Å². The Balaban J connectivity index is 1.89. The van der Waals surface area contributed by atoms with Gasteiger partial charge in [-0.1, -0.05) is 43.0 Å². The summed E-state index contributed by atoms with van der Waals surface area (Å²) in [5.41, 5.74) is 4.17. The minimum atomic E-state index is -3.77. The van der Waals surface area contributed by atoms with Gasteiger partial charge >= 0.3 is 0 Å². The summed E-state index contributed by atoms with van der Waals surface area (Å²) in [6.45, 7) is 7.40. The molecule has 0 atom stereocenters. The number of anilines is 1. The van der Waals surface area contributed by atoms with Crippen molar-refractivity contribution in [1.82, 2.24) is 4.90 Å². The average Bonchev–Trinajstić information content (AvgIpc) is 2.68. The third kappa shape index (κ3) is 4.69. The molecule has 162 valence electrons. The highest BCUT2D eigenvalue weighted by Crippen LogP contribution is 2.28. The van der Waals surface area contributed by atoms with Crippen molar-refractivity contribution in [3.8, 4) is 0 Å². The van der Waals surface area contributed by atoms with Gasteiger partial charge in [0.2, 0.25) is 0 Å². The zero-order chi connectivity index (χ0) is 22.1. The van der Waals surface area contributed by atoms with Crippen LogP contribution in [0.4, 0.5) is 5.69 Å². The number of rotatable bonds is 5. The molecule has 0 aliphatic heterocycles. The van der Waals surface area contributed by atoms with Crippen molar-refractivity contribution in [3.05, 3.63) is 58.1 Å². The molecular formula is C24H32N2O3S. The van der Waals surface area contributed by atoms with Gasteiger partial charge in [0, 0.05) is 18.7 Å². The van der Waals surface area contributed by atoms with Crippen molar-refractivity contribution in [2.24, 2.45) is 0 Å². The fourth-order valence-corrected chi connectivity index (χ4v) is 6.07. The standard InChI is InChI=1S/C24H32N2O3S/c1-16-13-18(3)23(19(4)14-16)30(28,29)25-22-15-20(12-11-17(22)2)24(27)26(5)21-9-7-6-8-10-21/h11-15,21,25H,6-10H2,1-5H3. The van der Waals surface area contributed by atoms with Gasteiger partial charge < -0.3 is 4.90 Å². The van der Waals surface area contributed by atoms with Crippen LogP contribution in [0.3, 0.4) is 0 Å². The van der Waals surface area contributed by atoms with Crippen molar-refractivity contribution in [2.75, 3.05) is 11.8 Å². The van der Waals surface area contributed by atoms with Crippen LogP contribution in [0, 0.1) is 27.7 Å². The van der Waals surface area contributed by atoms with Gasteiger partial charge in [-0.05, 0) is 69.4 Å². The van der Waals surface area contributed by atoms with Crippen LogP contribution in [-0.2, 0) is 10.0 Å². The Morgan fingerprint density at radius 1 is 0.933 bits per heavy atom. The maximum atomic E-state index is 13.2. The fraction of sp³-hybridized carbons (Fsp3) is 0.458. The maximum absolute atomic E-state index is 13.2. The summed E-state index contributed by atoms with van der Waals surface area (Å²) >= 11 is 0. The molecule has 0 aromatic heterocycles. The number of hydrogen-bond donors (Lipinski definition) is 1. The smallest absolute Gasteiger partial charge is 0.262 e. The van der Waals surface area contributed by atoms with Crippen LogP contribution >= 0.6 is 0 Å². The summed E-state index contributed by atoms with van der Waals surface area (Å²) < 4.78 is 29.0. The van der Waals surface area contributed by atoms with E-state index in [0.29, 0.717) is 27.3 Å². The monoisotopic (exact) mass is 428 g/mol. The van der Waals surface area contributed by atoms with Gasteiger partial charge in [-0.2, -0.15) is 0 Å². The van der Waals surface area contributed by atoms with E-state index >= 15 is 0 Å². The number of aryl methyl sites for hydroxylation is 4. The van der Waals surface area contributed by atoms with E-state index in [-0.39, 0.29) is 11.9 Å². The summed E-state index contributed by atoms with van der Waals surface area (Å²) in [6, 6.07) is 9.23. The summed E-state index contributed by atoms with van der Waals surface area (Å²) in [4.78, 5) is 15.1. The number of nitrogens with zero attached hydrogens (tertiary/aromatic N) is 1. The predicted molar refractivity (Wildman–Crippen MR) is 122 cm³/mol. The van der Waals surface area contributed by atoms with Gasteiger partial charge in [0.1, 0.15) is 0 Å². The lowest BCUT2D eigenvalue weighted by Gasteiger charge is -2.31. The van der Waals surface area contributed by atoms with Crippen molar-refractivity contribution >= 4 is 21.6 Å². The normalized spacial score (nSPS) is 15.1. The number of amides is 1. The number of nitrogens with one attached hydrogen (secondary N) is 1. The van der Waals surface area contributed by atoms with E-state index in [1.54, 1.807) is 32.0 Å². The Bertz CT molecular complexity index is 1030. The Kier molecular flexibility index (Phi) is 6.56. The Labute approximate surface area is 180 Å². The van der Waals surface area contributed by atoms with Gasteiger partial charge in [-0.15, -0.1) is 0 Å². The molecule has 0 saturated heterocycles. The van der Waals surface area contributed by atoms with E-state index in [1.807, 2.05) is 37.9 Å². The van der Waals surface area contributed by atoms with Gasteiger partial charge in [-0.25, -0.2) is 8.42 Å². The first-order valence-electron chi connectivity index (χ1n) is 10.6. The highest BCUT2D eigenvalue weighted by atomic mass is 32.2. The van der Waals surface area contributed by atoms with E-state index < -0.39 is 10.0 Å². The van der Waals surface area contributed by atoms with Crippen LogP contribution in [0.25, 0.3) is 0 Å². The largest absolute Gasteiger partial charge is 0.339 e. The molecule has 30 heavy (non-hydrogen) atoms. The Hall–Kier alpha value is -2.34. The minimum Gasteiger partial charge on any atom is -0.339 e. The summed E-state index contributed by atoms with van der Waals surface area (Å²) in [7, 11) is -1.92. The highest BCUT2D eigenvalue weighted by molar-refractivity contribution is 7.92. The summed E-state index contributed by atoms with van der Waals surface area (Å²) in [5, 5.41) is 0.